The first-order valence-corrected chi connectivity index (χ1v) is 9.41. The summed E-state index contributed by atoms with van der Waals surface area (Å²) in [6.45, 7) is 2.88. The van der Waals surface area contributed by atoms with Gasteiger partial charge in [-0.25, -0.2) is 9.38 Å². The second-order valence-corrected chi connectivity index (χ2v) is 6.65. The van der Waals surface area contributed by atoms with Crippen LogP contribution in [0.2, 0.25) is 0 Å². The van der Waals surface area contributed by atoms with E-state index < -0.39 is 25.2 Å². The summed E-state index contributed by atoms with van der Waals surface area (Å²) < 4.78 is 56.0. The van der Waals surface area contributed by atoms with Crippen LogP contribution >= 0.6 is 0 Å². The van der Waals surface area contributed by atoms with E-state index in [1.54, 1.807) is 31.2 Å². The molecule has 0 aromatic heterocycles. The number of nitrogens with zero attached hydrogens (tertiary/aromatic N) is 1. The number of aliphatic imine (C=N–C) groups is 1. The van der Waals surface area contributed by atoms with E-state index in [1.807, 2.05) is 6.92 Å². The third kappa shape index (κ3) is 7.55. The standard InChI is InChI=1S/C21H25F4N3O2/c1-3-26-20(27-10-15-5-7-18(22)17(9-15)12-29)28-11-16-6-4-14(2)8-19(16)30-13-21(23,24)25/h4-9,29H,3,10-13H2,1-2H3,(H2,26,27,28). The highest BCUT2D eigenvalue weighted by Gasteiger charge is 2.28. The summed E-state index contributed by atoms with van der Waals surface area (Å²) in [6.07, 6.45) is -4.42. The number of nitrogens with one attached hydrogen (secondary N) is 2. The minimum atomic E-state index is -4.42. The first kappa shape index (κ1) is 23.5. The van der Waals surface area contributed by atoms with Crippen molar-refractivity contribution in [2.45, 2.75) is 39.7 Å². The summed E-state index contributed by atoms with van der Waals surface area (Å²) >= 11 is 0. The zero-order valence-corrected chi connectivity index (χ0v) is 16.8. The molecular formula is C21H25F4N3O2. The highest BCUT2D eigenvalue weighted by Crippen LogP contribution is 2.23. The largest absolute Gasteiger partial charge is 0.484 e. The van der Waals surface area contributed by atoms with Crippen LogP contribution in [0.5, 0.6) is 5.75 Å². The molecule has 0 atom stereocenters. The van der Waals surface area contributed by atoms with Gasteiger partial charge in [-0.15, -0.1) is 0 Å². The predicted octanol–water partition coefficient (Wildman–Crippen LogP) is 3.82. The summed E-state index contributed by atoms with van der Waals surface area (Å²) in [5, 5.41) is 15.3. The van der Waals surface area contributed by atoms with Crippen LogP contribution in [-0.2, 0) is 19.7 Å². The van der Waals surface area contributed by atoms with Gasteiger partial charge in [0.1, 0.15) is 11.6 Å². The van der Waals surface area contributed by atoms with E-state index in [0.717, 1.165) is 5.56 Å². The van der Waals surface area contributed by atoms with Crippen LogP contribution in [0.15, 0.2) is 41.4 Å². The number of hydrogen-bond acceptors (Lipinski definition) is 3. The number of hydrogen-bond donors (Lipinski definition) is 3. The molecule has 0 saturated heterocycles. The summed E-state index contributed by atoms with van der Waals surface area (Å²) in [7, 11) is 0. The van der Waals surface area contributed by atoms with Gasteiger partial charge in [-0.05, 0) is 43.2 Å². The predicted molar refractivity (Wildman–Crippen MR) is 107 cm³/mol. The lowest BCUT2D eigenvalue weighted by atomic mass is 10.1. The Morgan fingerprint density at radius 1 is 1.10 bits per heavy atom. The highest BCUT2D eigenvalue weighted by atomic mass is 19.4. The van der Waals surface area contributed by atoms with Gasteiger partial charge in [0.2, 0.25) is 0 Å². The van der Waals surface area contributed by atoms with Crippen molar-refractivity contribution in [3.63, 3.8) is 0 Å². The van der Waals surface area contributed by atoms with Gasteiger partial charge in [0.05, 0.1) is 13.2 Å². The van der Waals surface area contributed by atoms with Gasteiger partial charge in [0.15, 0.2) is 12.6 Å². The number of halogens is 4. The second-order valence-electron chi connectivity index (χ2n) is 6.65. The van der Waals surface area contributed by atoms with Crippen LogP contribution in [0.4, 0.5) is 17.6 Å². The topological polar surface area (TPSA) is 65.9 Å². The molecule has 9 heteroatoms. The lowest BCUT2D eigenvalue weighted by Gasteiger charge is -2.16. The zero-order valence-electron chi connectivity index (χ0n) is 16.8. The monoisotopic (exact) mass is 427 g/mol. The van der Waals surface area contributed by atoms with E-state index in [0.29, 0.717) is 23.6 Å². The summed E-state index contributed by atoms with van der Waals surface area (Å²) in [6, 6.07) is 9.42. The molecule has 0 spiro atoms. The Kier molecular flexibility index (Phi) is 8.46. The van der Waals surface area contributed by atoms with Gasteiger partial charge >= 0.3 is 6.18 Å². The van der Waals surface area contributed by atoms with Crippen molar-refractivity contribution in [2.75, 3.05) is 13.2 Å². The van der Waals surface area contributed by atoms with Crippen molar-refractivity contribution in [1.29, 1.82) is 0 Å². The van der Waals surface area contributed by atoms with Gasteiger partial charge in [0, 0.05) is 24.2 Å². The molecule has 0 radical (unpaired) electrons. The molecule has 30 heavy (non-hydrogen) atoms. The Morgan fingerprint density at radius 3 is 2.53 bits per heavy atom. The van der Waals surface area contributed by atoms with Crippen molar-refractivity contribution in [3.8, 4) is 5.75 Å². The number of alkyl halides is 3. The molecule has 0 aliphatic heterocycles. The number of guanidine groups is 1. The Labute approximate surface area is 172 Å². The fraction of sp³-hybridized carbons (Fsp3) is 0.381. The van der Waals surface area contributed by atoms with Crippen molar-refractivity contribution in [2.24, 2.45) is 4.99 Å². The van der Waals surface area contributed by atoms with E-state index in [2.05, 4.69) is 15.6 Å². The Hall–Kier alpha value is -2.81. The molecule has 0 fully saturated rings. The molecule has 0 bridgehead atoms. The third-order valence-corrected chi connectivity index (χ3v) is 4.10. The maximum atomic E-state index is 13.5. The van der Waals surface area contributed by atoms with Crippen molar-refractivity contribution in [1.82, 2.24) is 10.6 Å². The molecule has 0 unspecified atom stereocenters. The van der Waals surface area contributed by atoms with Crippen LogP contribution < -0.4 is 15.4 Å². The first-order valence-electron chi connectivity index (χ1n) is 9.41. The molecule has 164 valence electrons. The van der Waals surface area contributed by atoms with E-state index in [9.17, 15) is 22.7 Å². The zero-order chi connectivity index (χ0) is 22.1. The number of aliphatic hydroxyl groups excluding tert-OH is 1. The molecule has 0 aliphatic rings. The summed E-state index contributed by atoms with van der Waals surface area (Å²) in [4.78, 5) is 4.41. The third-order valence-electron chi connectivity index (χ3n) is 4.10. The Balaban J connectivity index is 2.09. The van der Waals surface area contributed by atoms with Crippen LogP contribution in [-0.4, -0.2) is 30.4 Å². The average Bonchev–Trinajstić information content (AvgIpc) is 2.69. The fourth-order valence-corrected chi connectivity index (χ4v) is 2.64. The smallest absolute Gasteiger partial charge is 0.422 e. The van der Waals surface area contributed by atoms with Crippen LogP contribution in [0, 0.1) is 12.7 Å². The number of rotatable bonds is 8. The molecule has 0 saturated carbocycles. The average molecular weight is 427 g/mol. The molecule has 5 nitrogen and oxygen atoms in total. The first-order chi connectivity index (χ1) is 14.2. The van der Waals surface area contributed by atoms with Gasteiger partial charge in [-0.3, -0.25) is 0 Å². The van der Waals surface area contributed by atoms with Crippen molar-refractivity contribution < 1.29 is 27.4 Å². The summed E-state index contributed by atoms with van der Waals surface area (Å²) in [5.74, 6) is 0.109. The number of aliphatic hydroxyl groups is 1. The SMILES string of the molecule is CCNC(=NCc1ccc(F)c(CO)c1)NCc1ccc(C)cc1OCC(F)(F)F. The number of ether oxygens (including phenoxy) is 1. The lowest BCUT2D eigenvalue weighted by Crippen LogP contribution is -2.37. The van der Waals surface area contributed by atoms with Crippen LogP contribution in [0.3, 0.4) is 0 Å². The molecule has 2 aromatic carbocycles. The van der Waals surface area contributed by atoms with Gasteiger partial charge in [-0.1, -0.05) is 18.2 Å². The minimum absolute atomic E-state index is 0.154. The number of aryl methyl sites for hydroxylation is 1. The Bertz CT molecular complexity index is 870. The van der Waals surface area contributed by atoms with Gasteiger partial charge in [0.25, 0.3) is 0 Å². The van der Waals surface area contributed by atoms with Gasteiger partial charge < -0.3 is 20.5 Å². The molecule has 2 aromatic rings. The number of benzene rings is 2. The Morgan fingerprint density at radius 2 is 1.87 bits per heavy atom. The maximum Gasteiger partial charge on any atom is 0.422 e. The second kappa shape index (κ2) is 10.8. The van der Waals surface area contributed by atoms with E-state index in [4.69, 9.17) is 4.74 Å². The fourth-order valence-electron chi connectivity index (χ4n) is 2.64. The van der Waals surface area contributed by atoms with Crippen molar-refractivity contribution >= 4 is 5.96 Å². The van der Waals surface area contributed by atoms with E-state index in [-0.39, 0.29) is 24.4 Å². The summed E-state index contributed by atoms with van der Waals surface area (Å²) in [5.41, 5.74) is 2.24. The molecule has 2 rings (SSSR count). The lowest BCUT2D eigenvalue weighted by molar-refractivity contribution is -0.153. The quantitative estimate of drug-likeness (QED) is 0.340. The van der Waals surface area contributed by atoms with E-state index in [1.165, 1.54) is 12.1 Å². The highest BCUT2D eigenvalue weighted by molar-refractivity contribution is 5.79. The van der Waals surface area contributed by atoms with E-state index >= 15 is 0 Å². The van der Waals surface area contributed by atoms with Gasteiger partial charge in [-0.2, -0.15) is 13.2 Å². The molecular weight excluding hydrogens is 402 g/mol. The van der Waals surface area contributed by atoms with Crippen LogP contribution in [0.1, 0.15) is 29.2 Å². The van der Waals surface area contributed by atoms with Crippen molar-refractivity contribution in [3.05, 3.63) is 64.5 Å². The molecule has 0 aliphatic carbocycles. The molecule has 0 heterocycles. The maximum absolute atomic E-state index is 13.5. The minimum Gasteiger partial charge on any atom is -0.484 e. The molecule has 3 N–H and O–H groups in total. The normalized spacial score (nSPS) is 12.0. The molecule has 0 amide bonds. The van der Waals surface area contributed by atoms with Crippen LogP contribution in [0.25, 0.3) is 0 Å².